The molecule has 1 aliphatic carbocycles. The first-order chi connectivity index (χ1) is 34.7. The van der Waals surface area contributed by atoms with Crippen LogP contribution in [0.4, 0.5) is 28.4 Å². The molecule has 0 atom stereocenters. The van der Waals surface area contributed by atoms with Crippen LogP contribution in [0.2, 0.25) is 0 Å². The molecule has 9 aromatic carbocycles. The molecular weight excluding hydrogens is 859 g/mol. The van der Waals surface area contributed by atoms with E-state index in [0.29, 0.717) is 0 Å². The topological polar surface area (TPSA) is 11.4 Å². The molecule has 346 valence electrons. The first-order valence-electron chi connectivity index (χ1n) is 24.5. The zero-order valence-electron chi connectivity index (χ0n) is 41.3. The summed E-state index contributed by atoms with van der Waals surface area (Å²) in [6, 6.07) is 74.6. The van der Waals surface area contributed by atoms with Crippen molar-refractivity contribution in [1.82, 2.24) is 4.57 Å². The molecule has 0 unspecified atom stereocenters. The smallest absolute Gasteiger partial charge is 0.0541 e. The van der Waals surface area contributed by atoms with Crippen LogP contribution in [0.25, 0.3) is 61.0 Å². The van der Waals surface area contributed by atoms with Crippen molar-refractivity contribution in [3.8, 4) is 16.8 Å². The summed E-state index contributed by atoms with van der Waals surface area (Å²) in [5.41, 5.74) is 18.8. The maximum absolute atomic E-state index is 4.23. The summed E-state index contributed by atoms with van der Waals surface area (Å²) >= 11 is 0. The van der Waals surface area contributed by atoms with Gasteiger partial charge in [0.15, 0.2) is 0 Å². The lowest BCUT2D eigenvalue weighted by atomic mass is 9.80. The fraction of sp³-hybridized carbons (Fsp3) is 0.0882. The standard InChI is InChI=1S/C57H47N3.C11H12/c1-6-19-51-45(7-2)47-33-31-44(38-52(47)57(51,3)4)59(42-24-12-9-13-25-42)43-32-35-53(58(5)41-22-10-8-11-23-41)49(37-43)40-30-34-56-50(36-40)48-27-16-17-28-55(48)60(56)54-29-18-21-39-20-14-15-26-46(39)54;1-3-4-8-11-9-6-5-7-10(11)2/h6-38H,2H2,1,3-5H3;3-9H,1H2,2H3/b19-6-;8-4-. The van der Waals surface area contributed by atoms with Gasteiger partial charge in [0, 0.05) is 62.6 Å². The van der Waals surface area contributed by atoms with Gasteiger partial charge < -0.3 is 14.4 Å². The number of hydrogen-bond donors (Lipinski definition) is 0. The van der Waals surface area contributed by atoms with Crippen LogP contribution >= 0.6 is 0 Å². The van der Waals surface area contributed by atoms with Gasteiger partial charge in [-0.05, 0) is 137 Å². The van der Waals surface area contributed by atoms with Gasteiger partial charge in [-0.15, -0.1) is 0 Å². The number of allylic oxidation sites excluding steroid dienone is 7. The molecule has 0 amide bonds. The van der Waals surface area contributed by atoms with Crippen LogP contribution in [0, 0.1) is 6.92 Å². The van der Waals surface area contributed by atoms with Crippen LogP contribution in [0.15, 0.2) is 255 Å². The lowest BCUT2D eigenvalue weighted by Crippen LogP contribution is -2.18. The molecule has 3 heteroatoms. The average molecular weight is 918 g/mol. The van der Waals surface area contributed by atoms with E-state index in [2.05, 4.69) is 275 Å². The van der Waals surface area contributed by atoms with Gasteiger partial charge in [0.25, 0.3) is 0 Å². The molecule has 11 rings (SSSR count). The third-order valence-corrected chi connectivity index (χ3v) is 14.1. The Bertz CT molecular complexity index is 3690. The van der Waals surface area contributed by atoms with E-state index >= 15 is 0 Å². The van der Waals surface area contributed by atoms with E-state index in [0.717, 1.165) is 39.6 Å². The molecule has 1 aromatic heterocycles. The van der Waals surface area contributed by atoms with E-state index in [-0.39, 0.29) is 5.41 Å². The molecule has 10 aromatic rings. The van der Waals surface area contributed by atoms with Crippen LogP contribution in [-0.2, 0) is 5.41 Å². The first kappa shape index (κ1) is 46.1. The van der Waals surface area contributed by atoms with E-state index in [1.165, 1.54) is 71.7 Å². The normalized spacial score (nSPS) is 12.9. The number of aromatic nitrogens is 1. The van der Waals surface area contributed by atoms with Crippen LogP contribution in [0.1, 0.15) is 43.0 Å². The Morgan fingerprint density at radius 3 is 1.93 bits per heavy atom. The second-order valence-corrected chi connectivity index (χ2v) is 18.7. The van der Waals surface area contributed by atoms with Crippen LogP contribution in [0.5, 0.6) is 0 Å². The molecule has 1 heterocycles. The second kappa shape index (κ2) is 19.7. The number of rotatable bonds is 11. The van der Waals surface area contributed by atoms with Crippen molar-refractivity contribution in [3.05, 3.63) is 278 Å². The summed E-state index contributed by atoms with van der Waals surface area (Å²) in [6.07, 6.45) is 12.2. The van der Waals surface area contributed by atoms with E-state index in [4.69, 9.17) is 0 Å². The lowest BCUT2D eigenvalue weighted by molar-refractivity contribution is 0.654. The first-order valence-corrected chi connectivity index (χ1v) is 24.5. The van der Waals surface area contributed by atoms with E-state index in [9.17, 15) is 0 Å². The summed E-state index contributed by atoms with van der Waals surface area (Å²) in [6.45, 7) is 16.7. The lowest BCUT2D eigenvalue weighted by Gasteiger charge is -2.30. The Morgan fingerprint density at radius 2 is 1.18 bits per heavy atom. The van der Waals surface area contributed by atoms with E-state index < -0.39 is 0 Å². The minimum Gasteiger partial charge on any atom is -0.344 e. The summed E-state index contributed by atoms with van der Waals surface area (Å²) < 4.78 is 2.44. The van der Waals surface area contributed by atoms with E-state index in [1.807, 2.05) is 24.3 Å². The highest BCUT2D eigenvalue weighted by Gasteiger charge is 2.36. The third kappa shape index (κ3) is 8.62. The number of anilines is 5. The highest BCUT2D eigenvalue weighted by Crippen LogP contribution is 2.50. The maximum atomic E-state index is 4.23. The van der Waals surface area contributed by atoms with Gasteiger partial charge in [-0.3, -0.25) is 0 Å². The van der Waals surface area contributed by atoms with Gasteiger partial charge in [0.2, 0.25) is 0 Å². The fourth-order valence-corrected chi connectivity index (χ4v) is 10.5. The highest BCUT2D eigenvalue weighted by atomic mass is 15.1. The number of fused-ring (bicyclic) bond motifs is 5. The predicted molar refractivity (Wildman–Crippen MR) is 308 cm³/mol. The Morgan fingerprint density at radius 1 is 0.535 bits per heavy atom. The predicted octanol–water partition coefficient (Wildman–Crippen LogP) is 18.8. The molecule has 71 heavy (non-hydrogen) atoms. The van der Waals surface area contributed by atoms with Gasteiger partial charge in [-0.25, -0.2) is 0 Å². The van der Waals surface area contributed by atoms with Gasteiger partial charge in [-0.1, -0.05) is 191 Å². The molecule has 0 saturated carbocycles. The summed E-state index contributed by atoms with van der Waals surface area (Å²) in [7, 11) is 2.17. The van der Waals surface area contributed by atoms with Crippen molar-refractivity contribution in [2.24, 2.45) is 0 Å². The zero-order chi connectivity index (χ0) is 49.1. The van der Waals surface area contributed by atoms with Gasteiger partial charge in [-0.2, -0.15) is 0 Å². The van der Waals surface area contributed by atoms with Crippen molar-refractivity contribution < 1.29 is 0 Å². The number of aryl methyl sites for hydroxylation is 1. The van der Waals surface area contributed by atoms with Crippen molar-refractivity contribution in [3.63, 3.8) is 0 Å². The average Bonchev–Trinajstić information content (AvgIpc) is 3.85. The maximum Gasteiger partial charge on any atom is 0.0541 e. The minimum atomic E-state index is -0.183. The third-order valence-electron chi connectivity index (χ3n) is 14.1. The molecule has 3 nitrogen and oxygen atoms in total. The number of para-hydroxylation sites is 3. The molecule has 0 fully saturated rings. The van der Waals surface area contributed by atoms with E-state index in [1.54, 1.807) is 6.08 Å². The monoisotopic (exact) mass is 917 g/mol. The molecule has 0 N–H and O–H groups in total. The van der Waals surface area contributed by atoms with Gasteiger partial charge in [0.1, 0.15) is 0 Å². The molecule has 0 aliphatic heterocycles. The van der Waals surface area contributed by atoms with Crippen LogP contribution in [0.3, 0.4) is 0 Å². The van der Waals surface area contributed by atoms with Gasteiger partial charge >= 0.3 is 0 Å². The van der Waals surface area contributed by atoms with Crippen LogP contribution < -0.4 is 9.80 Å². The minimum absolute atomic E-state index is 0.183. The van der Waals surface area contributed by atoms with Crippen molar-refractivity contribution in [1.29, 1.82) is 0 Å². The van der Waals surface area contributed by atoms with Gasteiger partial charge in [0.05, 0.1) is 16.7 Å². The molecular formula is C68H59N3. The number of hydrogen-bond acceptors (Lipinski definition) is 2. The summed E-state index contributed by atoms with van der Waals surface area (Å²) in [5.74, 6) is 0. The Hall–Kier alpha value is -8.66. The Kier molecular flexibility index (Phi) is 12.8. The summed E-state index contributed by atoms with van der Waals surface area (Å²) in [5, 5.41) is 4.91. The van der Waals surface area contributed by atoms with Crippen molar-refractivity contribution >= 4 is 72.7 Å². The Balaban J connectivity index is 0.000000470. The second-order valence-electron chi connectivity index (χ2n) is 18.7. The molecule has 0 radical (unpaired) electrons. The number of benzene rings is 9. The highest BCUT2D eigenvalue weighted by molar-refractivity contribution is 6.12. The zero-order valence-corrected chi connectivity index (χ0v) is 41.3. The summed E-state index contributed by atoms with van der Waals surface area (Å²) in [4.78, 5) is 4.71. The van der Waals surface area contributed by atoms with Crippen molar-refractivity contribution in [2.45, 2.75) is 33.1 Å². The van der Waals surface area contributed by atoms with Crippen LogP contribution in [-0.4, -0.2) is 11.6 Å². The largest absolute Gasteiger partial charge is 0.344 e. The quantitative estimate of drug-likeness (QED) is 0.120. The van der Waals surface area contributed by atoms with Crippen molar-refractivity contribution in [2.75, 3.05) is 16.8 Å². The number of nitrogens with zero attached hydrogens (tertiary/aromatic N) is 3. The molecule has 0 bridgehead atoms. The SMILES string of the molecule is C=C/C=C\c1ccccc1C.C=CC1=C(/C=C\C)C(C)(C)c2cc(N(c3ccccc3)c3ccc(N(C)c4ccccc4)c(-c4ccc5c(c4)c4ccccc4n5-c4cccc5ccccc45)c3)ccc21. The molecule has 1 aliphatic rings. The fourth-order valence-electron chi connectivity index (χ4n) is 10.5. The molecule has 0 saturated heterocycles. The molecule has 0 spiro atoms. The Labute approximate surface area is 419 Å².